The lowest BCUT2D eigenvalue weighted by molar-refractivity contribution is 0.0970. The average Bonchev–Trinajstić information content (AvgIpc) is 3.38. The molecule has 0 saturated heterocycles. The van der Waals surface area contributed by atoms with Gasteiger partial charge in [0.05, 0.1) is 5.56 Å². The smallest absolute Gasteiger partial charge is 0.257 e. The fourth-order valence-electron chi connectivity index (χ4n) is 4.14. The lowest BCUT2D eigenvalue weighted by atomic mass is 9.99. The number of aromatic nitrogens is 2. The van der Waals surface area contributed by atoms with Crippen molar-refractivity contribution in [3.05, 3.63) is 65.1 Å². The Balaban J connectivity index is 1.43. The minimum absolute atomic E-state index is 0.0810. The number of aryl methyl sites for hydroxylation is 1. The lowest BCUT2D eigenvalue weighted by Gasteiger charge is -2.16. The first-order valence-electron chi connectivity index (χ1n) is 11.3. The maximum Gasteiger partial charge on any atom is 0.257 e. The summed E-state index contributed by atoms with van der Waals surface area (Å²) >= 11 is 0. The van der Waals surface area contributed by atoms with Gasteiger partial charge in [-0.3, -0.25) is 14.3 Å². The van der Waals surface area contributed by atoms with Crippen molar-refractivity contribution in [1.29, 1.82) is 0 Å². The molecular weight excluding hydrogens is 437 g/mol. The average molecular weight is 464 g/mol. The van der Waals surface area contributed by atoms with Crippen LogP contribution in [0.25, 0.3) is 0 Å². The predicted molar refractivity (Wildman–Crippen MR) is 124 cm³/mol. The van der Waals surface area contributed by atoms with Crippen molar-refractivity contribution in [1.82, 2.24) is 9.78 Å². The maximum atomic E-state index is 14.7. The number of nitrogens with one attached hydrogen (secondary N) is 1. The van der Waals surface area contributed by atoms with Crippen LogP contribution < -0.4 is 14.8 Å². The first-order chi connectivity index (χ1) is 16.2. The number of benzene rings is 2. The molecule has 1 aliphatic carbocycles. The van der Waals surface area contributed by atoms with E-state index >= 15 is 0 Å². The molecule has 3 aromatic rings. The van der Waals surface area contributed by atoms with Crippen molar-refractivity contribution in [3.8, 4) is 17.2 Å². The van der Waals surface area contributed by atoms with E-state index in [9.17, 15) is 14.0 Å². The van der Waals surface area contributed by atoms with E-state index in [1.165, 1.54) is 12.1 Å². The minimum atomic E-state index is -0.611. The molecule has 2 heterocycles. The third-order valence-corrected chi connectivity index (χ3v) is 6.01. The van der Waals surface area contributed by atoms with Crippen molar-refractivity contribution in [3.63, 3.8) is 0 Å². The number of Topliss-reactive ketones (excluding diaryl/α,β-unsaturated/α-hetero) is 1. The largest absolute Gasteiger partial charge is 0.487 e. The first kappa shape index (κ1) is 22.1. The molecule has 0 spiro atoms. The number of rotatable bonds is 7. The molecule has 7 nitrogen and oxygen atoms in total. The molecule has 2 aliphatic rings. The zero-order valence-corrected chi connectivity index (χ0v) is 19.4. The topological polar surface area (TPSA) is 82.5 Å². The molecule has 1 saturated carbocycles. The molecule has 176 valence electrons. The van der Waals surface area contributed by atoms with Crippen molar-refractivity contribution in [2.45, 2.75) is 45.1 Å². The number of hydrogen-bond acceptors (Lipinski definition) is 5. The molecule has 8 heteroatoms. The molecule has 0 bridgehead atoms. The molecule has 5 rings (SSSR count). The number of carbonyl (C=O) groups excluding carboxylic acids is 2. The Morgan fingerprint density at radius 3 is 2.71 bits per heavy atom. The van der Waals surface area contributed by atoms with Crippen molar-refractivity contribution in [2.24, 2.45) is 13.0 Å². The lowest BCUT2D eigenvalue weighted by Crippen LogP contribution is -2.24. The first-order valence-corrected chi connectivity index (χ1v) is 11.3. The van der Waals surface area contributed by atoms with E-state index < -0.39 is 11.4 Å². The second kappa shape index (κ2) is 8.27. The maximum absolute atomic E-state index is 14.7. The second-order valence-electron chi connectivity index (χ2n) is 9.63. The quantitative estimate of drug-likeness (QED) is 0.481. The predicted octanol–water partition coefficient (Wildman–Crippen LogP) is 5.30. The van der Waals surface area contributed by atoms with E-state index in [-0.39, 0.29) is 23.0 Å². The second-order valence-corrected chi connectivity index (χ2v) is 9.63. The number of ketones is 1. The number of anilines is 1. The third kappa shape index (κ3) is 4.66. The summed E-state index contributed by atoms with van der Waals surface area (Å²) in [5.74, 6) is 0.841. The number of hydrogen-bond donors (Lipinski definition) is 1. The monoisotopic (exact) mass is 463 g/mol. The molecule has 1 fully saturated rings. The van der Waals surface area contributed by atoms with E-state index in [2.05, 4.69) is 10.4 Å². The summed E-state index contributed by atoms with van der Waals surface area (Å²) in [5, 5.41) is 6.92. The zero-order chi connectivity index (χ0) is 24.0. The van der Waals surface area contributed by atoms with Crippen molar-refractivity contribution >= 4 is 17.5 Å². The van der Waals surface area contributed by atoms with Gasteiger partial charge in [0.25, 0.3) is 5.91 Å². The van der Waals surface area contributed by atoms with Gasteiger partial charge >= 0.3 is 0 Å². The Morgan fingerprint density at radius 2 is 2.03 bits per heavy atom. The van der Waals surface area contributed by atoms with Crippen LogP contribution in [0.4, 0.5) is 10.2 Å². The highest BCUT2D eigenvalue weighted by Gasteiger charge is 2.34. The van der Waals surface area contributed by atoms with Gasteiger partial charge in [-0.25, -0.2) is 4.39 Å². The van der Waals surface area contributed by atoms with Gasteiger partial charge in [0, 0.05) is 49.3 Å². The van der Waals surface area contributed by atoms with Gasteiger partial charge in [0.2, 0.25) is 0 Å². The summed E-state index contributed by atoms with van der Waals surface area (Å²) in [6, 6.07) is 9.25. The molecule has 34 heavy (non-hydrogen) atoms. The van der Waals surface area contributed by atoms with Crippen molar-refractivity contribution < 1.29 is 23.5 Å². The number of nitrogens with zero attached hydrogens (tertiary/aromatic N) is 2. The van der Waals surface area contributed by atoms with Crippen LogP contribution >= 0.6 is 0 Å². The summed E-state index contributed by atoms with van der Waals surface area (Å²) in [6.07, 6.45) is 4.74. The fourth-order valence-corrected chi connectivity index (χ4v) is 4.14. The molecule has 0 radical (unpaired) electrons. The van der Waals surface area contributed by atoms with Crippen LogP contribution in [0.5, 0.6) is 17.2 Å². The van der Waals surface area contributed by atoms with Crippen LogP contribution in [-0.2, 0) is 13.5 Å². The highest BCUT2D eigenvalue weighted by Crippen LogP contribution is 2.43. The minimum Gasteiger partial charge on any atom is -0.487 e. The van der Waals surface area contributed by atoms with Crippen LogP contribution in [0.2, 0.25) is 0 Å². The molecule has 1 aliphatic heterocycles. The molecule has 0 unspecified atom stereocenters. The SMILES string of the molecule is Cn1ccc(NC(=O)c2cc(Oc3ccc(C(=O)CC4CC4)c(F)c3)c3c(c2)OC(C)(C)C3)n1. The molecule has 1 N–H and O–H groups in total. The number of carbonyl (C=O) groups is 2. The van der Waals surface area contributed by atoms with Crippen LogP contribution in [0.3, 0.4) is 0 Å². The Kier molecular flexibility index (Phi) is 5.38. The zero-order valence-electron chi connectivity index (χ0n) is 19.4. The summed E-state index contributed by atoms with van der Waals surface area (Å²) in [6.45, 7) is 3.90. The van der Waals surface area contributed by atoms with Gasteiger partial charge < -0.3 is 14.8 Å². The van der Waals surface area contributed by atoms with Crippen LogP contribution in [0.1, 0.15) is 59.4 Å². The normalized spacial score (nSPS) is 16.0. The van der Waals surface area contributed by atoms with Crippen LogP contribution in [-0.4, -0.2) is 27.1 Å². The summed E-state index contributed by atoms with van der Waals surface area (Å²) in [7, 11) is 1.76. The van der Waals surface area contributed by atoms with Gasteiger partial charge in [-0.1, -0.05) is 0 Å². The van der Waals surface area contributed by atoms with E-state index in [1.54, 1.807) is 42.2 Å². The van der Waals surface area contributed by atoms with E-state index in [0.717, 1.165) is 18.4 Å². The highest BCUT2D eigenvalue weighted by molar-refractivity contribution is 6.04. The fraction of sp³-hybridized carbons (Fsp3) is 0.346. The molecule has 1 amide bonds. The van der Waals surface area contributed by atoms with Gasteiger partial charge in [-0.15, -0.1) is 0 Å². The standard InChI is InChI=1S/C26H26FN3O4/c1-26(2)14-19-22(33-17-6-7-18(20(27)13-17)21(31)10-15-4-5-15)11-16(12-23(19)34-26)25(32)28-24-8-9-30(3)29-24/h6-9,11-13,15H,4-5,10,14H2,1-3H3,(H,28,29,32). The Morgan fingerprint density at radius 1 is 1.24 bits per heavy atom. The Bertz CT molecular complexity index is 1290. The van der Waals surface area contributed by atoms with Crippen molar-refractivity contribution in [2.75, 3.05) is 5.32 Å². The molecule has 0 atom stereocenters. The summed E-state index contributed by atoms with van der Waals surface area (Å²) < 4.78 is 28.4. The molecule has 1 aromatic heterocycles. The number of fused-ring (bicyclic) bond motifs is 1. The number of amides is 1. The highest BCUT2D eigenvalue weighted by atomic mass is 19.1. The van der Waals surface area contributed by atoms with Gasteiger partial charge in [-0.05, 0) is 56.9 Å². The Labute approximate surface area is 196 Å². The van der Waals surface area contributed by atoms with Crippen LogP contribution in [0.15, 0.2) is 42.6 Å². The summed E-state index contributed by atoms with van der Waals surface area (Å²) in [5.41, 5.74) is 0.737. The van der Waals surface area contributed by atoms with Gasteiger partial charge in [0.15, 0.2) is 11.6 Å². The van der Waals surface area contributed by atoms with E-state index in [4.69, 9.17) is 9.47 Å². The third-order valence-electron chi connectivity index (χ3n) is 6.01. The number of halogens is 1. The Hall–Kier alpha value is -3.68. The number of ether oxygens (including phenoxy) is 2. The molecule has 2 aromatic carbocycles. The summed E-state index contributed by atoms with van der Waals surface area (Å²) in [4.78, 5) is 25.2. The van der Waals surface area contributed by atoms with Gasteiger partial charge in [-0.2, -0.15) is 5.10 Å². The van der Waals surface area contributed by atoms with Gasteiger partial charge in [0.1, 0.15) is 28.7 Å². The van der Waals surface area contributed by atoms with E-state index in [1.807, 2.05) is 13.8 Å². The van der Waals surface area contributed by atoms with Crippen LogP contribution in [0, 0.1) is 11.7 Å². The molecular formula is C26H26FN3O4. The van der Waals surface area contributed by atoms with E-state index in [0.29, 0.717) is 41.6 Å².